The SMILES string of the molecule is C=C(Nc1ccc2cncc(C)c2c1)C1CC1C.Cc1ccccc1. The summed E-state index contributed by atoms with van der Waals surface area (Å²) in [5.74, 6) is 1.44. The van der Waals surface area contributed by atoms with Gasteiger partial charge < -0.3 is 5.32 Å². The Hall–Kier alpha value is -2.61. The van der Waals surface area contributed by atoms with Crippen LogP contribution in [0.3, 0.4) is 0 Å². The van der Waals surface area contributed by atoms with Crippen LogP contribution in [0.4, 0.5) is 5.69 Å². The smallest absolute Gasteiger partial charge is 0.0388 e. The van der Waals surface area contributed by atoms with Crippen LogP contribution in [0.2, 0.25) is 0 Å². The molecular weight excluding hydrogens is 304 g/mol. The van der Waals surface area contributed by atoms with Gasteiger partial charge in [-0.15, -0.1) is 0 Å². The Labute approximate surface area is 150 Å². The van der Waals surface area contributed by atoms with Crippen LogP contribution < -0.4 is 5.32 Å². The van der Waals surface area contributed by atoms with Crippen LogP contribution in [-0.4, -0.2) is 4.98 Å². The first-order valence-electron chi connectivity index (χ1n) is 8.86. The Bertz CT molecular complexity index is 868. The van der Waals surface area contributed by atoms with Crippen LogP contribution in [-0.2, 0) is 0 Å². The van der Waals surface area contributed by atoms with E-state index >= 15 is 0 Å². The van der Waals surface area contributed by atoms with Gasteiger partial charge >= 0.3 is 0 Å². The largest absolute Gasteiger partial charge is 0.359 e. The molecule has 2 atom stereocenters. The first kappa shape index (κ1) is 17.2. The second-order valence-corrected chi connectivity index (χ2v) is 7.02. The van der Waals surface area contributed by atoms with E-state index in [0.29, 0.717) is 5.92 Å². The number of anilines is 1. The van der Waals surface area contributed by atoms with Gasteiger partial charge in [0.2, 0.25) is 0 Å². The second-order valence-electron chi connectivity index (χ2n) is 7.02. The molecule has 1 aromatic heterocycles. The van der Waals surface area contributed by atoms with E-state index in [1.165, 1.54) is 28.3 Å². The molecule has 2 aromatic carbocycles. The van der Waals surface area contributed by atoms with Gasteiger partial charge in [-0.1, -0.05) is 55.5 Å². The zero-order chi connectivity index (χ0) is 17.8. The average Bonchev–Trinajstić information content (AvgIpc) is 3.34. The summed E-state index contributed by atoms with van der Waals surface area (Å²) in [6.45, 7) is 10.6. The van der Waals surface area contributed by atoms with E-state index < -0.39 is 0 Å². The van der Waals surface area contributed by atoms with E-state index in [1.807, 2.05) is 30.6 Å². The number of aromatic nitrogens is 1. The summed E-state index contributed by atoms with van der Waals surface area (Å²) in [5.41, 5.74) is 4.80. The number of nitrogens with one attached hydrogen (secondary N) is 1. The maximum absolute atomic E-state index is 4.21. The minimum atomic E-state index is 0.652. The van der Waals surface area contributed by atoms with Gasteiger partial charge in [-0.25, -0.2) is 0 Å². The molecule has 4 rings (SSSR count). The summed E-state index contributed by atoms with van der Waals surface area (Å²) >= 11 is 0. The molecule has 25 heavy (non-hydrogen) atoms. The maximum atomic E-state index is 4.21. The van der Waals surface area contributed by atoms with E-state index in [9.17, 15) is 0 Å². The highest BCUT2D eigenvalue weighted by atomic mass is 14.9. The Morgan fingerprint density at radius 2 is 1.80 bits per heavy atom. The van der Waals surface area contributed by atoms with Gasteiger partial charge in [0.25, 0.3) is 0 Å². The predicted molar refractivity (Wildman–Crippen MR) is 108 cm³/mol. The number of pyridine rings is 1. The van der Waals surface area contributed by atoms with Crippen molar-refractivity contribution < 1.29 is 0 Å². The molecule has 2 nitrogen and oxygen atoms in total. The van der Waals surface area contributed by atoms with Crippen LogP contribution in [0.25, 0.3) is 10.8 Å². The van der Waals surface area contributed by atoms with Gasteiger partial charge in [0, 0.05) is 35.1 Å². The lowest BCUT2D eigenvalue weighted by atomic mass is 10.1. The number of hydrogen-bond acceptors (Lipinski definition) is 2. The Morgan fingerprint density at radius 3 is 2.40 bits per heavy atom. The molecule has 0 aliphatic heterocycles. The van der Waals surface area contributed by atoms with Crippen LogP contribution in [0.5, 0.6) is 0 Å². The molecule has 1 N–H and O–H groups in total. The molecule has 3 aromatic rings. The molecule has 0 radical (unpaired) electrons. The number of rotatable bonds is 3. The van der Waals surface area contributed by atoms with E-state index in [4.69, 9.17) is 0 Å². The highest BCUT2D eigenvalue weighted by Crippen LogP contribution is 2.43. The highest BCUT2D eigenvalue weighted by Gasteiger charge is 2.34. The molecule has 1 saturated carbocycles. The van der Waals surface area contributed by atoms with Crippen molar-refractivity contribution in [1.82, 2.24) is 4.98 Å². The summed E-state index contributed by atoms with van der Waals surface area (Å²) in [5, 5.41) is 5.88. The highest BCUT2D eigenvalue weighted by molar-refractivity contribution is 5.87. The first-order valence-corrected chi connectivity index (χ1v) is 8.86. The predicted octanol–water partition coefficient (Wildman–Crippen LogP) is 6.12. The van der Waals surface area contributed by atoms with Crippen LogP contribution >= 0.6 is 0 Å². The average molecular weight is 330 g/mol. The van der Waals surface area contributed by atoms with E-state index in [-0.39, 0.29) is 0 Å². The van der Waals surface area contributed by atoms with Crippen molar-refractivity contribution in [2.24, 2.45) is 11.8 Å². The summed E-state index contributed by atoms with van der Waals surface area (Å²) in [4.78, 5) is 4.21. The molecule has 2 unspecified atom stereocenters. The fourth-order valence-corrected chi connectivity index (χ4v) is 3.01. The molecule has 128 valence electrons. The van der Waals surface area contributed by atoms with E-state index in [2.05, 4.69) is 68.0 Å². The number of hydrogen-bond donors (Lipinski definition) is 1. The minimum Gasteiger partial charge on any atom is -0.359 e. The third kappa shape index (κ3) is 4.48. The van der Waals surface area contributed by atoms with Crippen molar-refractivity contribution in [3.05, 3.63) is 84.3 Å². The quantitative estimate of drug-likeness (QED) is 0.626. The minimum absolute atomic E-state index is 0.652. The normalized spacial score (nSPS) is 18.2. The zero-order valence-corrected chi connectivity index (χ0v) is 15.3. The molecule has 1 aliphatic carbocycles. The van der Waals surface area contributed by atoms with E-state index in [0.717, 1.165) is 17.3 Å². The maximum Gasteiger partial charge on any atom is 0.0388 e. The van der Waals surface area contributed by atoms with Crippen LogP contribution in [0.1, 0.15) is 24.5 Å². The number of allylic oxidation sites excluding steroid dienone is 1. The Morgan fingerprint density at radius 1 is 1.08 bits per heavy atom. The summed E-state index contributed by atoms with van der Waals surface area (Å²) in [6.07, 6.45) is 5.08. The molecule has 0 bridgehead atoms. The second kappa shape index (κ2) is 7.52. The molecular formula is C23H26N2. The summed E-state index contributed by atoms with van der Waals surface area (Å²) in [7, 11) is 0. The first-order chi connectivity index (χ1) is 12.0. The van der Waals surface area contributed by atoms with Crippen molar-refractivity contribution in [2.45, 2.75) is 27.2 Å². The standard InChI is InChI=1S/C16H18N2.C7H8/c1-10-6-15(10)12(3)18-14-5-4-13-9-17-8-11(2)16(13)7-14;1-7-5-3-2-4-6-7/h4-5,7-10,15,18H,3,6H2,1-2H3;2-6H,1H3. The fourth-order valence-electron chi connectivity index (χ4n) is 3.01. The third-order valence-electron chi connectivity index (χ3n) is 4.76. The lowest BCUT2D eigenvalue weighted by Gasteiger charge is -2.10. The topological polar surface area (TPSA) is 24.9 Å². The number of benzene rings is 2. The van der Waals surface area contributed by atoms with Crippen LogP contribution in [0, 0.1) is 25.7 Å². The van der Waals surface area contributed by atoms with Crippen molar-refractivity contribution in [2.75, 3.05) is 5.32 Å². The molecule has 1 aliphatic rings. The monoisotopic (exact) mass is 330 g/mol. The van der Waals surface area contributed by atoms with Gasteiger partial charge in [-0.3, -0.25) is 4.98 Å². The van der Waals surface area contributed by atoms with Gasteiger partial charge in [0.1, 0.15) is 0 Å². The van der Waals surface area contributed by atoms with Crippen molar-refractivity contribution in [1.29, 1.82) is 0 Å². The lowest BCUT2D eigenvalue weighted by Crippen LogP contribution is -2.00. The van der Waals surface area contributed by atoms with Crippen LogP contribution in [0.15, 0.2) is 73.2 Å². The number of nitrogens with zero attached hydrogens (tertiary/aromatic N) is 1. The number of fused-ring (bicyclic) bond motifs is 1. The van der Waals surface area contributed by atoms with Gasteiger partial charge in [0.15, 0.2) is 0 Å². The zero-order valence-electron chi connectivity index (χ0n) is 15.3. The van der Waals surface area contributed by atoms with Crippen molar-refractivity contribution in [3.63, 3.8) is 0 Å². The Kier molecular flexibility index (Phi) is 5.18. The molecule has 0 spiro atoms. The number of aryl methyl sites for hydroxylation is 2. The summed E-state index contributed by atoms with van der Waals surface area (Å²) < 4.78 is 0. The molecule has 1 fully saturated rings. The third-order valence-corrected chi connectivity index (χ3v) is 4.76. The van der Waals surface area contributed by atoms with Gasteiger partial charge in [0.05, 0.1) is 0 Å². The van der Waals surface area contributed by atoms with E-state index in [1.54, 1.807) is 0 Å². The van der Waals surface area contributed by atoms with Crippen molar-refractivity contribution in [3.8, 4) is 0 Å². The fraction of sp³-hybridized carbons (Fsp3) is 0.261. The van der Waals surface area contributed by atoms with Crippen molar-refractivity contribution >= 4 is 16.5 Å². The molecule has 2 heteroatoms. The lowest BCUT2D eigenvalue weighted by molar-refractivity contribution is 0.863. The van der Waals surface area contributed by atoms with Gasteiger partial charge in [-0.05, 0) is 49.3 Å². The molecule has 0 amide bonds. The Balaban J connectivity index is 0.000000219. The molecule has 0 saturated heterocycles. The molecule has 1 heterocycles. The summed E-state index contributed by atoms with van der Waals surface area (Å²) in [6, 6.07) is 16.7. The van der Waals surface area contributed by atoms with Gasteiger partial charge in [-0.2, -0.15) is 0 Å².